The van der Waals surface area contributed by atoms with E-state index in [0.717, 1.165) is 38.5 Å². The fourth-order valence-electron chi connectivity index (χ4n) is 1.68. The fraction of sp³-hybridized carbons (Fsp3) is 0.417. The summed E-state index contributed by atoms with van der Waals surface area (Å²) in [6.45, 7) is 2.80. The summed E-state index contributed by atoms with van der Waals surface area (Å²) in [7, 11) is 0. The maximum Gasteiger partial charge on any atom is 0.147 e. The van der Waals surface area contributed by atoms with Gasteiger partial charge in [0.05, 0.1) is 16.3 Å². The number of thiazole rings is 1. The molecule has 0 spiro atoms. The molecular formula is C12H12ClNOS. The summed E-state index contributed by atoms with van der Waals surface area (Å²) in [5, 5.41) is 1.77. The van der Waals surface area contributed by atoms with Crippen molar-refractivity contribution in [2.75, 3.05) is 6.61 Å². The molecule has 0 unspecified atom stereocenters. The van der Waals surface area contributed by atoms with Gasteiger partial charge in [-0.2, -0.15) is 0 Å². The monoisotopic (exact) mass is 253 g/mol. The molecule has 0 amide bonds. The molecule has 1 saturated carbocycles. The first-order chi connectivity index (χ1) is 7.72. The molecule has 84 valence electrons. The van der Waals surface area contributed by atoms with Crippen LogP contribution in [0.2, 0.25) is 5.02 Å². The maximum atomic E-state index is 6.06. The lowest BCUT2D eigenvalue weighted by Gasteiger charge is -2.06. The molecule has 0 bridgehead atoms. The van der Waals surface area contributed by atoms with Gasteiger partial charge in [0.15, 0.2) is 0 Å². The predicted octanol–water partition coefficient (Wildman–Crippen LogP) is 4.05. The first-order valence-electron chi connectivity index (χ1n) is 5.42. The SMILES string of the molecule is Cc1nc2c(OCC3CC3)cc(Cl)cc2s1. The number of aromatic nitrogens is 1. The van der Waals surface area contributed by atoms with Crippen molar-refractivity contribution >= 4 is 33.2 Å². The predicted molar refractivity (Wildman–Crippen MR) is 67.6 cm³/mol. The van der Waals surface area contributed by atoms with Gasteiger partial charge in [0.1, 0.15) is 11.3 Å². The normalized spacial score (nSPS) is 15.6. The summed E-state index contributed by atoms with van der Waals surface area (Å²) in [5.74, 6) is 1.58. The zero-order chi connectivity index (χ0) is 11.1. The van der Waals surface area contributed by atoms with Crippen molar-refractivity contribution in [1.82, 2.24) is 4.98 Å². The zero-order valence-electron chi connectivity index (χ0n) is 9.00. The van der Waals surface area contributed by atoms with E-state index in [-0.39, 0.29) is 0 Å². The van der Waals surface area contributed by atoms with Gasteiger partial charge in [-0.1, -0.05) is 11.6 Å². The van der Waals surface area contributed by atoms with E-state index in [9.17, 15) is 0 Å². The lowest BCUT2D eigenvalue weighted by atomic mass is 10.3. The van der Waals surface area contributed by atoms with Crippen molar-refractivity contribution in [1.29, 1.82) is 0 Å². The average molecular weight is 254 g/mol. The Hall–Kier alpha value is -0.800. The van der Waals surface area contributed by atoms with Gasteiger partial charge in [0.2, 0.25) is 0 Å². The van der Waals surface area contributed by atoms with E-state index >= 15 is 0 Å². The van der Waals surface area contributed by atoms with E-state index in [1.165, 1.54) is 12.8 Å². The highest BCUT2D eigenvalue weighted by Crippen LogP contribution is 2.35. The maximum absolute atomic E-state index is 6.06. The average Bonchev–Trinajstić information content (AvgIpc) is 2.97. The Kier molecular flexibility index (Phi) is 2.52. The van der Waals surface area contributed by atoms with Crippen molar-refractivity contribution in [3.8, 4) is 5.75 Å². The van der Waals surface area contributed by atoms with E-state index in [0.29, 0.717) is 0 Å². The van der Waals surface area contributed by atoms with E-state index in [4.69, 9.17) is 16.3 Å². The van der Waals surface area contributed by atoms with Crippen LogP contribution in [0, 0.1) is 12.8 Å². The quantitative estimate of drug-likeness (QED) is 0.823. The van der Waals surface area contributed by atoms with Gasteiger partial charge >= 0.3 is 0 Å². The molecule has 2 aromatic rings. The van der Waals surface area contributed by atoms with Crippen LogP contribution in [0.25, 0.3) is 10.2 Å². The smallest absolute Gasteiger partial charge is 0.147 e. The van der Waals surface area contributed by atoms with Crippen LogP contribution in [0.1, 0.15) is 17.8 Å². The third-order valence-corrected chi connectivity index (χ3v) is 3.84. The Morgan fingerprint density at radius 2 is 2.31 bits per heavy atom. The second-order valence-corrected chi connectivity index (χ2v) is 5.91. The molecule has 4 heteroatoms. The topological polar surface area (TPSA) is 22.1 Å². The van der Waals surface area contributed by atoms with E-state index in [1.807, 2.05) is 19.1 Å². The highest BCUT2D eigenvalue weighted by atomic mass is 35.5. The van der Waals surface area contributed by atoms with Gasteiger partial charge in [-0.3, -0.25) is 0 Å². The van der Waals surface area contributed by atoms with Crippen LogP contribution in [-0.4, -0.2) is 11.6 Å². The van der Waals surface area contributed by atoms with E-state index < -0.39 is 0 Å². The number of fused-ring (bicyclic) bond motifs is 1. The summed E-state index contributed by atoms with van der Waals surface area (Å²) in [4.78, 5) is 4.49. The van der Waals surface area contributed by atoms with Crippen molar-refractivity contribution < 1.29 is 4.74 Å². The number of benzene rings is 1. The van der Waals surface area contributed by atoms with Gasteiger partial charge in [-0.15, -0.1) is 11.3 Å². The number of rotatable bonds is 3. The highest BCUT2D eigenvalue weighted by Gasteiger charge is 2.22. The molecule has 1 aliphatic carbocycles. The Balaban J connectivity index is 1.98. The Labute approximate surface area is 103 Å². The molecule has 1 aliphatic rings. The van der Waals surface area contributed by atoms with Crippen LogP contribution < -0.4 is 4.74 Å². The van der Waals surface area contributed by atoms with Gasteiger partial charge in [-0.25, -0.2) is 4.98 Å². The van der Waals surface area contributed by atoms with Crippen LogP contribution in [0.4, 0.5) is 0 Å². The van der Waals surface area contributed by atoms with Crippen LogP contribution in [0.3, 0.4) is 0 Å². The molecule has 0 N–H and O–H groups in total. The molecule has 0 saturated heterocycles. The lowest BCUT2D eigenvalue weighted by Crippen LogP contribution is -1.99. The molecule has 1 fully saturated rings. The summed E-state index contributed by atoms with van der Waals surface area (Å²) in [6, 6.07) is 3.82. The molecule has 0 aliphatic heterocycles. The minimum absolute atomic E-state index is 0.724. The molecule has 2 nitrogen and oxygen atoms in total. The fourth-order valence-corrected chi connectivity index (χ4v) is 2.84. The number of ether oxygens (including phenoxy) is 1. The highest BCUT2D eigenvalue weighted by molar-refractivity contribution is 7.18. The molecule has 0 radical (unpaired) electrons. The minimum atomic E-state index is 0.724. The van der Waals surface area contributed by atoms with Crippen LogP contribution in [-0.2, 0) is 0 Å². The Bertz CT molecular complexity index is 533. The number of halogens is 1. The zero-order valence-corrected chi connectivity index (χ0v) is 10.6. The van der Waals surface area contributed by atoms with Crippen LogP contribution in [0.5, 0.6) is 5.75 Å². The first kappa shape index (κ1) is 10.4. The Morgan fingerprint density at radius 1 is 1.50 bits per heavy atom. The number of hydrogen-bond donors (Lipinski definition) is 0. The molecular weight excluding hydrogens is 242 g/mol. The lowest BCUT2D eigenvalue weighted by molar-refractivity contribution is 0.303. The molecule has 3 rings (SSSR count). The molecule has 1 heterocycles. The van der Waals surface area contributed by atoms with Crippen molar-refractivity contribution in [2.45, 2.75) is 19.8 Å². The number of aryl methyl sites for hydroxylation is 1. The largest absolute Gasteiger partial charge is 0.491 e. The van der Waals surface area contributed by atoms with Gasteiger partial charge in [0, 0.05) is 11.1 Å². The van der Waals surface area contributed by atoms with Crippen molar-refractivity contribution in [2.24, 2.45) is 5.92 Å². The van der Waals surface area contributed by atoms with E-state index in [2.05, 4.69) is 4.98 Å². The number of nitrogens with zero attached hydrogens (tertiary/aromatic N) is 1. The summed E-state index contributed by atoms with van der Waals surface area (Å²) in [6.07, 6.45) is 2.58. The van der Waals surface area contributed by atoms with Crippen LogP contribution in [0.15, 0.2) is 12.1 Å². The second-order valence-electron chi connectivity index (χ2n) is 4.24. The minimum Gasteiger partial charge on any atom is -0.491 e. The standard InChI is InChI=1S/C12H12ClNOS/c1-7-14-12-10(15-6-8-2-3-8)4-9(13)5-11(12)16-7/h4-5,8H,2-3,6H2,1H3. The number of hydrogen-bond acceptors (Lipinski definition) is 3. The van der Waals surface area contributed by atoms with Crippen molar-refractivity contribution in [3.63, 3.8) is 0 Å². The summed E-state index contributed by atoms with van der Waals surface area (Å²) >= 11 is 7.72. The van der Waals surface area contributed by atoms with Crippen LogP contribution >= 0.6 is 22.9 Å². The van der Waals surface area contributed by atoms with E-state index in [1.54, 1.807) is 11.3 Å². The molecule has 1 aromatic carbocycles. The first-order valence-corrected chi connectivity index (χ1v) is 6.61. The third kappa shape index (κ3) is 2.02. The van der Waals surface area contributed by atoms with Gasteiger partial charge in [-0.05, 0) is 31.7 Å². The summed E-state index contributed by atoms with van der Waals surface area (Å²) in [5.41, 5.74) is 0.951. The summed E-state index contributed by atoms with van der Waals surface area (Å²) < 4.78 is 6.90. The molecule has 0 atom stereocenters. The van der Waals surface area contributed by atoms with Gasteiger partial charge in [0.25, 0.3) is 0 Å². The molecule has 16 heavy (non-hydrogen) atoms. The second kappa shape index (κ2) is 3.90. The van der Waals surface area contributed by atoms with Crippen molar-refractivity contribution in [3.05, 3.63) is 22.2 Å². The molecule has 1 aromatic heterocycles. The Morgan fingerprint density at radius 3 is 3.06 bits per heavy atom. The van der Waals surface area contributed by atoms with Gasteiger partial charge < -0.3 is 4.74 Å². The third-order valence-electron chi connectivity index (χ3n) is 2.70.